The molecule has 0 bridgehead atoms. The standard InChI is InChI=1S/C18H20N6O2/c25-13-11-19-18(26)20-16-8-6-14(7-9-16)10-12-24-22-17(21-23-24)15-4-2-1-3-5-15/h1-9,25H,10-13H2,(H2,19,20,26). The number of urea groups is 1. The van der Waals surface area contributed by atoms with Crippen LogP contribution in [0, 0.1) is 0 Å². The molecule has 134 valence electrons. The minimum Gasteiger partial charge on any atom is -0.395 e. The molecule has 0 unspecified atom stereocenters. The van der Waals surface area contributed by atoms with Crippen LogP contribution in [0.4, 0.5) is 10.5 Å². The molecule has 2 amide bonds. The number of nitrogens with zero attached hydrogens (tertiary/aromatic N) is 4. The summed E-state index contributed by atoms with van der Waals surface area (Å²) in [5.41, 5.74) is 2.73. The molecule has 0 fully saturated rings. The van der Waals surface area contributed by atoms with Crippen molar-refractivity contribution in [2.45, 2.75) is 13.0 Å². The maximum Gasteiger partial charge on any atom is 0.319 e. The van der Waals surface area contributed by atoms with Crippen molar-refractivity contribution in [2.24, 2.45) is 0 Å². The topological polar surface area (TPSA) is 105 Å². The number of hydrogen-bond donors (Lipinski definition) is 3. The minimum absolute atomic E-state index is 0.0886. The van der Waals surface area contributed by atoms with Crippen molar-refractivity contribution in [3.8, 4) is 11.4 Å². The number of aromatic nitrogens is 4. The number of aryl methyl sites for hydroxylation is 2. The fraction of sp³-hybridized carbons (Fsp3) is 0.222. The highest BCUT2D eigenvalue weighted by molar-refractivity contribution is 5.89. The smallest absolute Gasteiger partial charge is 0.319 e. The first-order valence-corrected chi connectivity index (χ1v) is 8.32. The Kier molecular flexibility index (Phi) is 5.89. The molecule has 3 aromatic rings. The lowest BCUT2D eigenvalue weighted by Gasteiger charge is -2.07. The third-order valence-corrected chi connectivity index (χ3v) is 3.69. The lowest BCUT2D eigenvalue weighted by Crippen LogP contribution is -2.30. The van der Waals surface area contributed by atoms with Crippen LogP contribution in [0.2, 0.25) is 0 Å². The van der Waals surface area contributed by atoms with E-state index in [2.05, 4.69) is 26.0 Å². The van der Waals surface area contributed by atoms with Gasteiger partial charge in [0.25, 0.3) is 0 Å². The highest BCUT2D eigenvalue weighted by atomic mass is 16.3. The first-order chi connectivity index (χ1) is 12.7. The number of nitrogens with one attached hydrogen (secondary N) is 2. The Hall–Kier alpha value is -3.26. The van der Waals surface area contributed by atoms with E-state index in [-0.39, 0.29) is 19.2 Å². The summed E-state index contributed by atoms with van der Waals surface area (Å²) in [5.74, 6) is 0.610. The fourth-order valence-electron chi connectivity index (χ4n) is 2.37. The second-order valence-corrected chi connectivity index (χ2v) is 5.63. The van der Waals surface area contributed by atoms with E-state index < -0.39 is 0 Å². The van der Waals surface area contributed by atoms with Gasteiger partial charge >= 0.3 is 6.03 Å². The third-order valence-electron chi connectivity index (χ3n) is 3.69. The molecule has 0 saturated carbocycles. The number of aliphatic hydroxyl groups excluding tert-OH is 1. The zero-order valence-electron chi connectivity index (χ0n) is 14.2. The van der Waals surface area contributed by atoms with E-state index in [1.54, 1.807) is 4.80 Å². The zero-order valence-corrected chi connectivity index (χ0v) is 14.2. The van der Waals surface area contributed by atoms with Gasteiger partial charge in [0.15, 0.2) is 0 Å². The van der Waals surface area contributed by atoms with E-state index in [4.69, 9.17) is 5.11 Å². The van der Waals surface area contributed by atoms with E-state index in [1.807, 2.05) is 54.6 Å². The second-order valence-electron chi connectivity index (χ2n) is 5.63. The van der Waals surface area contributed by atoms with Crippen LogP contribution in [0.1, 0.15) is 5.56 Å². The SMILES string of the molecule is O=C(NCCO)Nc1ccc(CCn2nnc(-c3ccccc3)n2)cc1. The summed E-state index contributed by atoms with van der Waals surface area (Å²) in [6.07, 6.45) is 0.752. The van der Waals surface area contributed by atoms with Crippen molar-refractivity contribution in [3.05, 3.63) is 60.2 Å². The third kappa shape index (κ3) is 4.87. The molecule has 0 aliphatic carbocycles. The van der Waals surface area contributed by atoms with Crippen LogP contribution in [0.15, 0.2) is 54.6 Å². The first kappa shape index (κ1) is 17.6. The number of amides is 2. The molecule has 3 rings (SSSR count). The van der Waals surface area contributed by atoms with Crippen LogP contribution >= 0.6 is 0 Å². The summed E-state index contributed by atoms with van der Waals surface area (Å²) in [4.78, 5) is 13.1. The predicted octanol–water partition coefficient (Wildman–Crippen LogP) is 1.70. The Balaban J connectivity index is 1.52. The van der Waals surface area contributed by atoms with Crippen molar-refractivity contribution in [1.82, 2.24) is 25.5 Å². The molecule has 3 N–H and O–H groups in total. The summed E-state index contributed by atoms with van der Waals surface area (Å²) in [6, 6.07) is 16.9. The number of benzene rings is 2. The Morgan fingerprint density at radius 3 is 2.58 bits per heavy atom. The highest BCUT2D eigenvalue weighted by Gasteiger charge is 2.06. The first-order valence-electron chi connectivity index (χ1n) is 8.32. The molecular weight excluding hydrogens is 332 g/mol. The van der Waals surface area contributed by atoms with E-state index in [0.717, 1.165) is 17.5 Å². The molecule has 1 aromatic heterocycles. The van der Waals surface area contributed by atoms with Gasteiger partial charge in [-0.15, -0.1) is 10.2 Å². The Bertz CT molecular complexity index is 832. The zero-order chi connectivity index (χ0) is 18.2. The molecule has 8 heteroatoms. The lowest BCUT2D eigenvalue weighted by molar-refractivity contribution is 0.245. The van der Waals surface area contributed by atoms with Crippen LogP contribution in [0.25, 0.3) is 11.4 Å². The summed E-state index contributed by atoms with van der Waals surface area (Å²) in [7, 11) is 0. The molecule has 1 heterocycles. The second kappa shape index (κ2) is 8.72. The summed E-state index contributed by atoms with van der Waals surface area (Å²) in [5, 5.41) is 26.5. The molecule has 8 nitrogen and oxygen atoms in total. The van der Waals surface area contributed by atoms with Crippen molar-refractivity contribution in [3.63, 3.8) is 0 Å². The summed E-state index contributed by atoms with van der Waals surface area (Å²) < 4.78 is 0. The van der Waals surface area contributed by atoms with Crippen LogP contribution < -0.4 is 10.6 Å². The van der Waals surface area contributed by atoms with Gasteiger partial charge in [-0.1, -0.05) is 42.5 Å². The normalized spacial score (nSPS) is 10.5. The monoisotopic (exact) mass is 352 g/mol. The van der Waals surface area contributed by atoms with Gasteiger partial charge in [-0.05, 0) is 29.3 Å². The Morgan fingerprint density at radius 1 is 1.08 bits per heavy atom. The van der Waals surface area contributed by atoms with Crippen LogP contribution in [0.5, 0.6) is 0 Å². The molecule has 0 saturated heterocycles. The number of aliphatic hydroxyl groups is 1. The molecule has 0 aliphatic rings. The number of anilines is 1. The molecule has 0 atom stereocenters. The van der Waals surface area contributed by atoms with Crippen molar-refractivity contribution in [2.75, 3.05) is 18.5 Å². The van der Waals surface area contributed by atoms with Crippen molar-refractivity contribution >= 4 is 11.7 Å². The van der Waals surface area contributed by atoms with Gasteiger partial charge in [0, 0.05) is 17.8 Å². The molecule has 0 aliphatic heterocycles. The Morgan fingerprint density at radius 2 is 1.85 bits per heavy atom. The number of tetrazole rings is 1. The van der Waals surface area contributed by atoms with Gasteiger partial charge in [0.05, 0.1) is 13.2 Å². The fourth-order valence-corrected chi connectivity index (χ4v) is 2.37. The van der Waals surface area contributed by atoms with Gasteiger partial charge in [0.2, 0.25) is 5.82 Å². The number of carbonyl (C=O) groups is 1. The maximum atomic E-state index is 11.5. The maximum absolute atomic E-state index is 11.5. The van der Waals surface area contributed by atoms with E-state index in [9.17, 15) is 4.79 Å². The quantitative estimate of drug-likeness (QED) is 0.600. The number of hydrogen-bond acceptors (Lipinski definition) is 5. The summed E-state index contributed by atoms with van der Waals surface area (Å²) >= 11 is 0. The molecular formula is C18H20N6O2. The molecule has 0 spiro atoms. The van der Waals surface area contributed by atoms with E-state index in [1.165, 1.54) is 0 Å². The van der Waals surface area contributed by atoms with Crippen molar-refractivity contribution in [1.29, 1.82) is 0 Å². The van der Waals surface area contributed by atoms with Crippen molar-refractivity contribution < 1.29 is 9.90 Å². The minimum atomic E-state index is -0.341. The predicted molar refractivity (Wildman–Crippen MR) is 97.5 cm³/mol. The van der Waals surface area contributed by atoms with Gasteiger partial charge in [-0.3, -0.25) is 0 Å². The molecule has 0 radical (unpaired) electrons. The van der Waals surface area contributed by atoms with E-state index >= 15 is 0 Å². The van der Waals surface area contributed by atoms with Crippen LogP contribution in [0.3, 0.4) is 0 Å². The van der Waals surface area contributed by atoms with E-state index in [0.29, 0.717) is 18.1 Å². The Labute approximate surface area is 150 Å². The van der Waals surface area contributed by atoms with Gasteiger partial charge in [0.1, 0.15) is 0 Å². The van der Waals surface area contributed by atoms with Gasteiger partial charge in [-0.25, -0.2) is 4.79 Å². The van der Waals surface area contributed by atoms with Crippen LogP contribution in [-0.4, -0.2) is 44.5 Å². The average molecular weight is 352 g/mol. The average Bonchev–Trinajstić information content (AvgIpc) is 3.16. The highest BCUT2D eigenvalue weighted by Crippen LogP contribution is 2.13. The van der Waals surface area contributed by atoms with Crippen LogP contribution in [-0.2, 0) is 13.0 Å². The van der Waals surface area contributed by atoms with Gasteiger partial charge < -0.3 is 15.7 Å². The van der Waals surface area contributed by atoms with Gasteiger partial charge in [-0.2, -0.15) is 4.80 Å². The molecule has 26 heavy (non-hydrogen) atoms. The lowest BCUT2D eigenvalue weighted by atomic mass is 10.1. The largest absolute Gasteiger partial charge is 0.395 e. The number of rotatable bonds is 7. The summed E-state index contributed by atoms with van der Waals surface area (Å²) in [6.45, 7) is 0.748. The number of carbonyl (C=O) groups excluding carboxylic acids is 1. The molecule has 2 aromatic carbocycles.